The SMILES string of the molecule is CC(C)CCC(=O)N1CCCC1C(=O)NCc1csc(-c2ccccc2)n1. The maximum atomic E-state index is 12.6. The van der Waals surface area contributed by atoms with Crippen LogP contribution in [0.15, 0.2) is 35.7 Å². The van der Waals surface area contributed by atoms with Gasteiger partial charge in [-0.3, -0.25) is 9.59 Å². The molecule has 1 saturated heterocycles. The molecule has 1 atom stereocenters. The van der Waals surface area contributed by atoms with Crippen molar-refractivity contribution in [2.24, 2.45) is 5.92 Å². The number of nitrogens with one attached hydrogen (secondary N) is 1. The standard InChI is InChI=1S/C21H27N3O2S/c1-15(2)10-11-19(25)24-12-6-9-18(24)20(26)22-13-17-14-27-21(23-17)16-7-4-3-5-8-16/h3-5,7-8,14-15,18H,6,9-13H2,1-2H3,(H,22,26). The second-order valence-corrected chi connectivity index (χ2v) is 8.26. The number of carbonyl (C=O) groups excluding carboxylic acids is 2. The van der Waals surface area contributed by atoms with Gasteiger partial charge in [0.05, 0.1) is 12.2 Å². The molecule has 27 heavy (non-hydrogen) atoms. The normalized spacial score (nSPS) is 16.7. The highest BCUT2D eigenvalue weighted by molar-refractivity contribution is 7.13. The summed E-state index contributed by atoms with van der Waals surface area (Å²) in [6.45, 7) is 5.30. The fourth-order valence-electron chi connectivity index (χ4n) is 3.29. The molecule has 6 heteroatoms. The van der Waals surface area contributed by atoms with Crippen molar-refractivity contribution in [3.8, 4) is 10.6 Å². The maximum Gasteiger partial charge on any atom is 0.243 e. The minimum Gasteiger partial charge on any atom is -0.349 e. The number of nitrogens with zero attached hydrogens (tertiary/aromatic N) is 2. The van der Waals surface area contributed by atoms with Crippen LogP contribution < -0.4 is 5.32 Å². The van der Waals surface area contributed by atoms with Crippen molar-refractivity contribution >= 4 is 23.2 Å². The van der Waals surface area contributed by atoms with E-state index >= 15 is 0 Å². The van der Waals surface area contributed by atoms with Crippen LogP contribution in [0.3, 0.4) is 0 Å². The number of hydrogen-bond donors (Lipinski definition) is 1. The largest absolute Gasteiger partial charge is 0.349 e. The summed E-state index contributed by atoms with van der Waals surface area (Å²) in [4.78, 5) is 31.4. The molecular weight excluding hydrogens is 358 g/mol. The molecule has 5 nitrogen and oxygen atoms in total. The van der Waals surface area contributed by atoms with Gasteiger partial charge in [-0.1, -0.05) is 44.2 Å². The molecule has 0 spiro atoms. The summed E-state index contributed by atoms with van der Waals surface area (Å²) in [5.41, 5.74) is 1.93. The van der Waals surface area contributed by atoms with E-state index in [1.165, 1.54) is 0 Å². The Hall–Kier alpha value is -2.21. The highest BCUT2D eigenvalue weighted by Gasteiger charge is 2.33. The summed E-state index contributed by atoms with van der Waals surface area (Å²) >= 11 is 1.57. The number of benzene rings is 1. The van der Waals surface area contributed by atoms with Crippen molar-refractivity contribution < 1.29 is 9.59 Å². The van der Waals surface area contributed by atoms with Crippen LogP contribution >= 0.6 is 11.3 Å². The van der Waals surface area contributed by atoms with E-state index < -0.39 is 0 Å². The van der Waals surface area contributed by atoms with Crippen LogP contribution in [0.5, 0.6) is 0 Å². The Kier molecular flexibility index (Phi) is 6.61. The molecule has 2 amide bonds. The number of thiazole rings is 1. The number of carbonyl (C=O) groups is 2. The van der Waals surface area contributed by atoms with E-state index in [1.807, 2.05) is 35.7 Å². The summed E-state index contributed by atoms with van der Waals surface area (Å²) in [6.07, 6.45) is 3.02. The number of rotatable bonds is 7. The molecule has 1 N–H and O–H groups in total. The third-order valence-corrected chi connectivity index (χ3v) is 5.77. The van der Waals surface area contributed by atoms with E-state index in [-0.39, 0.29) is 17.9 Å². The summed E-state index contributed by atoms with van der Waals surface area (Å²) in [5, 5.41) is 5.89. The van der Waals surface area contributed by atoms with Gasteiger partial charge in [-0.25, -0.2) is 4.98 Å². The third-order valence-electron chi connectivity index (χ3n) is 4.83. The molecule has 2 heterocycles. The lowest BCUT2D eigenvalue weighted by molar-refractivity contribution is -0.138. The molecule has 2 aromatic rings. The molecule has 0 radical (unpaired) electrons. The fourth-order valence-corrected chi connectivity index (χ4v) is 4.12. The zero-order chi connectivity index (χ0) is 19.2. The smallest absolute Gasteiger partial charge is 0.243 e. The van der Waals surface area contributed by atoms with Gasteiger partial charge in [0.15, 0.2) is 0 Å². The first-order valence-electron chi connectivity index (χ1n) is 9.61. The van der Waals surface area contributed by atoms with Crippen molar-refractivity contribution in [1.29, 1.82) is 0 Å². The average molecular weight is 386 g/mol. The minimum absolute atomic E-state index is 0.0698. The van der Waals surface area contributed by atoms with E-state index in [0.29, 0.717) is 25.4 Å². The van der Waals surface area contributed by atoms with Gasteiger partial charge in [-0.2, -0.15) is 0 Å². The van der Waals surface area contributed by atoms with Crippen molar-refractivity contribution in [3.63, 3.8) is 0 Å². The van der Waals surface area contributed by atoms with E-state index in [4.69, 9.17) is 0 Å². The first kappa shape index (κ1) is 19.5. The Labute approximate surface area is 164 Å². The minimum atomic E-state index is -0.336. The predicted molar refractivity (Wildman–Crippen MR) is 108 cm³/mol. The quantitative estimate of drug-likeness (QED) is 0.787. The van der Waals surface area contributed by atoms with Gasteiger partial charge in [0.25, 0.3) is 0 Å². The number of aromatic nitrogens is 1. The zero-order valence-electron chi connectivity index (χ0n) is 16.0. The Morgan fingerprint density at radius 2 is 2.07 bits per heavy atom. The number of amides is 2. The Balaban J connectivity index is 1.54. The molecule has 0 saturated carbocycles. The van der Waals surface area contributed by atoms with Gasteiger partial charge in [-0.05, 0) is 25.2 Å². The number of likely N-dealkylation sites (tertiary alicyclic amines) is 1. The van der Waals surface area contributed by atoms with Crippen LogP contribution in [-0.4, -0.2) is 34.3 Å². The van der Waals surface area contributed by atoms with Crippen LogP contribution in [0, 0.1) is 5.92 Å². The summed E-state index contributed by atoms with van der Waals surface area (Å²) in [7, 11) is 0. The van der Waals surface area contributed by atoms with Gasteiger partial charge < -0.3 is 10.2 Å². The van der Waals surface area contributed by atoms with E-state index in [9.17, 15) is 9.59 Å². The highest BCUT2D eigenvalue weighted by atomic mass is 32.1. The summed E-state index contributed by atoms with van der Waals surface area (Å²) < 4.78 is 0. The van der Waals surface area contributed by atoms with Crippen molar-refractivity contribution in [2.45, 2.75) is 52.1 Å². The number of hydrogen-bond acceptors (Lipinski definition) is 4. The monoisotopic (exact) mass is 385 g/mol. The first-order chi connectivity index (χ1) is 13.0. The lowest BCUT2D eigenvalue weighted by Crippen LogP contribution is -2.45. The first-order valence-corrected chi connectivity index (χ1v) is 10.5. The van der Waals surface area contributed by atoms with Gasteiger partial charge in [0.1, 0.15) is 11.0 Å². The topological polar surface area (TPSA) is 62.3 Å². The Morgan fingerprint density at radius 3 is 2.81 bits per heavy atom. The lowest BCUT2D eigenvalue weighted by Gasteiger charge is -2.24. The summed E-state index contributed by atoms with van der Waals surface area (Å²) in [6, 6.07) is 9.68. The maximum absolute atomic E-state index is 12.6. The molecule has 1 aromatic carbocycles. The second kappa shape index (κ2) is 9.13. The molecule has 1 aliphatic heterocycles. The van der Waals surface area contributed by atoms with Crippen LogP contribution in [0.2, 0.25) is 0 Å². The van der Waals surface area contributed by atoms with E-state index in [1.54, 1.807) is 16.2 Å². The van der Waals surface area contributed by atoms with Gasteiger partial charge >= 0.3 is 0 Å². The van der Waals surface area contributed by atoms with E-state index in [2.05, 4.69) is 24.1 Å². The predicted octanol–water partition coefficient (Wildman–Crippen LogP) is 3.85. The second-order valence-electron chi connectivity index (χ2n) is 7.41. The average Bonchev–Trinajstić information content (AvgIpc) is 3.34. The molecule has 0 bridgehead atoms. The van der Waals surface area contributed by atoms with Crippen molar-refractivity contribution in [3.05, 3.63) is 41.4 Å². The van der Waals surface area contributed by atoms with Gasteiger partial charge in [-0.15, -0.1) is 11.3 Å². The molecule has 1 aromatic heterocycles. The summed E-state index contributed by atoms with van der Waals surface area (Å²) in [5.74, 6) is 0.522. The Bertz CT molecular complexity index is 773. The van der Waals surface area contributed by atoms with Crippen LogP contribution in [0.25, 0.3) is 10.6 Å². The van der Waals surface area contributed by atoms with Crippen molar-refractivity contribution in [1.82, 2.24) is 15.2 Å². The van der Waals surface area contributed by atoms with Gasteiger partial charge in [0, 0.05) is 23.9 Å². The fraction of sp³-hybridized carbons (Fsp3) is 0.476. The Morgan fingerprint density at radius 1 is 1.30 bits per heavy atom. The van der Waals surface area contributed by atoms with Crippen molar-refractivity contribution in [2.75, 3.05) is 6.54 Å². The highest BCUT2D eigenvalue weighted by Crippen LogP contribution is 2.24. The van der Waals surface area contributed by atoms with Crippen LogP contribution in [-0.2, 0) is 16.1 Å². The molecule has 1 aliphatic rings. The molecular formula is C21H27N3O2S. The van der Waals surface area contributed by atoms with E-state index in [0.717, 1.165) is 35.5 Å². The zero-order valence-corrected chi connectivity index (χ0v) is 16.8. The molecule has 3 rings (SSSR count). The molecule has 0 aliphatic carbocycles. The molecule has 1 unspecified atom stereocenters. The van der Waals surface area contributed by atoms with Crippen LogP contribution in [0.4, 0.5) is 0 Å². The molecule has 1 fully saturated rings. The van der Waals surface area contributed by atoms with Gasteiger partial charge in [0.2, 0.25) is 11.8 Å². The lowest BCUT2D eigenvalue weighted by atomic mass is 10.1. The van der Waals surface area contributed by atoms with Crippen LogP contribution in [0.1, 0.15) is 45.2 Å². The third kappa shape index (κ3) is 5.16. The molecule has 144 valence electrons.